The van der Waals surface area contributed by atoms with Gasteiger partial charge in [-0.05, 0) is 6.42 Å². The van der Waals surface area contributed by atoms with E-state index in [1.54, 1.807) is 0 Å². The van der Waals surface area contributed by atoms with Crippen LogP contribution in [-0.2, 0) is 15.0 Å². The average molecular weight is 346 g/mol. The van der Waals surface area contributed by atoms with E-state index in [4.69, 9.17) is 9.47 Å². The molecule has 0 radical (unpaired) electrons. The van der Waals surface area contributed by atoms with Crippen LogP contribution < -0.4 is 9.47 Å². The summed E-state index contributed by atoms with van der Waals surface area (Å²) in [7, 11) is 0. The number of carbonyl (C=O) groups excluding carboxylic acids is 2. The average Bonchev–Trinajstić information content (AvgIpc) is 3.18. The Balaban J connectivity index is 2.08. The normalized spacial score (nSPS) is 22.1. The van der Waals surface area contributed by atoms with E-state index in [9.17, 15) is 9.59 Å². The summed E-state index contributed by atoms with van der Waals surface area (Å²) >= 11 is 0. The van der Waals surface area contributed by atoms with Crippen molar-refractivity contribution in [3.8, 4) is 11.5 Å². The highest BCUT2D eigenvalue weighted by Gasteiger charge is 2.47. The van der Waals surface area contributed by atoms with Crippen molar-refractivity contribution in [1.29, 1.82) is 0 Å². The van der Waals surface area contributed by atoms with E-state index < -0.39 is 11.9 Å². The summed E-state index contributed by atoms with van der Waals surface area (Å²) in [5.41, 5.74) is 1.55. The van der Waals surface area contributed by atoms with E-state index in [1.165, 1.54) is 0 Å². The topological polar surface area (TPSA) is 52.6 Å². The molecule has 0 spiro atoms. The standard InChI is InChI=1S/C22H18O4/c1-4-16(23)25-20-14-8-6-7-9-15(14)21(26-17(24)5-2)19-18(20)13-10-11-22(19,3)12-13/h4-11,13H,1-2,12H2,3H3. The molecular weight excluding hydrogens is 328 g/mol. The molecule has 0 fully saturated rings. The molecule has 4 heteroatoms. The van der Waals surface area contributed by atoms with Crippen molar-refractivity contribution in [2.24, 2.45) is 0 Å². The van der Waals surface area contributed by atoms with Crippen molar-refractivity contribution < 1.29 is 19.1 Å². The molecule has 2 bridgehead atoms. The van der Waals surface area contributed by atoms with Gasteiger partial charge in [-0.25, -0.2) is 9.59 Å². The maximum Gasteiger partial charge on any atom is 0.335 e. The number of ether oxygens (including phenoxy) is 2. The molecule has 0 heterocycles. The van der Waals surface area contributed by atoms with E-state index in [-0.39, 0.29) is 11.3 Å². The van der Waals surface area contributed by atoms with Gasteiger partial charge in [0, 0.05) is 45.4 Å². The second kappa shape index (κ2) is 5.70. The molecule has 2 aromatic rings. The first-order valence-electron chi connectivity index (χ1n) is 8.45. The zero-order valence-corrected chi connectivity index (χ0v) is 14.5. The second-order valence-electron chi connectivity index (χ2n) is 6.83. The molecule has 2 aliphatic carbocycles. The molecule has 2 aromatic carbocycles. The van der Waals surface area contributed by atoms with E-state index >= 15 is 0 Å². The number of hydrogen-bond acceptors (Lipinski definition) is 4. The fourth-order valence-corrected chi connectivity index (χ4v) is 4.12. The zero-order valence-electron chi connectivity index (χ0n) is 14.5. The van der Waals surface area contributed by atoms with Crippen LogP contribution in [0.3, 0.4) is 0 Å². The number of rotatable bonds is 4. The molecule has 0 saturated carbocycles. The van der Waals surface area contributed by atoms with Crippen LogP contribution >= 0.6 is 0 Å². The van der Waals surface area contributed by atoms with Crippen LogP contribution in [0.15, 0.2) is 61.7 Å². The van der Waals surface area contributed by atoms with Gasteiger partial charge < -0.3 is 9.47 Å². The Morgan fingerprint density at radius 3 is 2.27 bits per heavy atom. The molecule has 26 heavy (non-hydrogen) atoms. The van der Waals surface area contributed by atoms with E-state index in [0.717, 1.165) is 40.5 Å². The zero-order chi connectivity index (χ0) is 18.5. The molecule has 0 aromatic heterocycles. The van der Waals surface area contributed by atoms with Gasteiger partial charge >= 0.3 is 11.9 Å². The van der Waals surface area contributed by atoms with Crippen molar-refractivity contribution in [3.63, 3.8) is 0 Å². The maximum absolute atomic E-state index is 12.0. The summed E-state index contributed by atoms with van der Waals surface area (Å²) in [5, 5.41) is 1.47. The molecule has 0 aliphatic heterocycles. The van der Waals surface area contributed by atoms with Crippen molar-refractivity contribution in [2.45, 2.75) is 24.7 Å². The van der Waals surface area contributed by atoms with Gasteiger partial charge in [0.1, 0.15) is 11.5 Å². The van der Waals surface area contributed by atoms with Crippen molar-refractivity contribution in [2.75, 3.05) is 0 Å². The third-order valence-electron chi connectivity index (χ3n) is 5.18. The Morgan fingerprint density at radius 1 is 1.08 bits per heavy atom. The van der Waals surface area contributed by atoms with Crippen LogP contribution in [0.2, 0.25) is 0 Å². The largest absolute Gasteiger partial charge is 0.422 e. The van der Waals surface area contributed by atoms with Crippen LogP contribution in [-0.4, -0.2) is 11.9 Å². The van der Waals surface area contributed by atoms with Gasteiger partial charge in [-0.1, -0.05) is 56.5 Å². The van der Waals surface area contributed by atoms with Gasteiger partial charge in [-0.15, -0.1) is 0 Å². The Labute approximate surface area is 151 Å². The quantitative estimate of drug-likeness (QED) is 0.358. The molecular formula is C22H18O4. The summed E-state index contributed by atoms with van der Waals surface area (Å²) in [4.78, 5) is 24.0. The Kier molecular flexibility index (Phi) is 3.58. The van der Waals surface area contributed by atoms with E-state index in [1.807, 2.05) is 24.3 Å². The number of benzene rings is 2. The number of allylic oxidation sites excluding steroid dienone is 2. The van der Waals surface area contributed by atoms with Crippen LogP contribution in [0.4, 0.5) is 0 Å². The van der Waals surface area contributed by atoms with Gasteiger partial charge in [0.05, 0.1) is 0 Å². The number of fused-ring (bicyclic) bond motifs is 6. The lowest BCUT2D eigenvalue weighted by Gasteiger charge is -2.26. The van der Waals surface area contributed by atoms with Crippen molar-refractivity contribution >= 4 is 22.7 Å². The highest BCUT2D eigenvalue weighted by Crippen LogP contribution is 2.60. The molecule has 4 rings (SSSR count). The summed E-state index contributed by atoms with van der Waals surface area (Å²) < 4.78 is 11.3. The number of hydrogen-bond donors (Lipinski definition) is 0. The molecule has 2 unspecified atom stereocenters. The highest BCUT2D eigenvalue weighted by molar-refractivity contribution is 6.01. The Bertz CT molecular complexity index is 1010. The first kappa shape index (κ1) is 16.3. The molecule has 4 nitrogen and oxygen atoms in total. The monoisotopic (exact) mass is 346 g/mol. The van der Waals surface area contributed by atoms with Gasteiger partial charge in [0.25, 0.3) is 0 Å². The van der Waals surface area contributed by atoms with Gasteiger partial charge in [-0.2, -0.15) is 0 Å². The summed E-state index contributed by atoms with van der Waals surface area (Å²) in [6.07, 6.45) is 7.42. The molecule has 2 atom stereocenters. The van der Waals surface area contributed by atoms with Crippen LogP contribution in [0, 0.1) is 0 Å². The second-order valence-corrected chi connectivity index (χ2v) is 6.83. The van der Waals surface area contributed by atoms with Crippen LogP contribution in [0.25, 0.3) is 10.8 Å². The fourth-order valence-electron chi connectivity index (χ4n) is 4.12. The molecule has 130 valence electrons. The SMILES string of the molecule is C=CC(=O)Oc1c2c(c(OC(=O)C=C)c3ccccc13)C1(C)C=CC2C1. The lowest BCUT2D eigenvalue weighted by molar-refractivity contribution is -0.130. The third kappa shape index (κ3) is 2.22. The van der Waals surface area contributed by atoms with E-state index in [2.05, 4.69) is 32.2 Å². The predicted octanol–water partition coefficient (Wildman–Crippen LogP) is 4.34. The molecule has 0 saturated heterocycles. The van der Waals surface area contributed by atoms with Crippen LogP contribution in [0.1, 0.15) is 30.4 Å². The Morgan fingerprint density at radius 2 is 1.65 bits per heavy atom. The summed E-state index contributed by atoms with van der Waals surface area (Å²) in [5.74, 6) is 0.146. The molecule has 0 amide bonds. The first-order valence-corrected chi connectivity index (χ1v) is 8.45. The number of carbonyl (C=O) groups is 2. The third-order valence-corrected chi connectivity index (χ3v) is 5.18. The number of esters is 2. The van der Waals surface area contributed by atoms with Crippen molar-refractivity contribution in [3.05, 3.63) is 72.9 Å². The van der Waals surface area contributed by atoms with Gasteiger partial charge in [-0.3, -0.25) is 0 Å². The minimum absolute atomic E-state index is 0.119. The Hall–Kier alpha value is -3.14. The lowest BCUT2D eigenvalue weighted by atomic mass is 9.82. The minimum Gasteiger partial charge on any atom is -0.422 e. The molecule has 0 N–H and O–H groups in total. The van der Waals surface area contributed by atoms with Crippen LogP contribution in [0.5, 0.6) is 11.5 Å². The minimum atomic E-state index is -0.511. The summed E-state index contributed by atoms with van der Waals surface area (Å²) in [6, 6.07) is 7.46. The summed E-state index contributed by atoms with van der Waals surface area (Å²) in [6.45, 7) is 9.09. The predicted molar refractivity (Wildman–Crippen MR) is 99.5 cm³/mol. The van der Waals surface area contributed by atoms with E-state index in [0.29, 0.717) is 11.5 Å². The smallest absolute Gasteiger partial charge is 0.335 e. The van der Waals surface area contributed by atoms with Gasteiger partial charge in [0.2, 0.25) is 0 Å². The first-order chi connectivity index (χ1) is 12.5. The lowest BCUT2D eigenvalue weighted by Crippen LogP contribution is -2.18. The maximum atomic E-state index is 12.0. The van der Waals surface area contributed by atoms with Crippen molar-refractivity contribution in [1.82, 2.24) is 0 Å². The highest BCUT2D eigenvalue weighted by atomic mass is 16.5. The fraction of sp³-hybridized carbons (Fsp3) is 0.182. The van der Waals surface area contributed by atoms with Gasteiger partial charge in [0.15, 0.2) is 0 Å². The molecule has 2 aliphatic rings.